The zero-order valence-electron chi connectivity index (χ0n) is 21.3. The van der Waals surface area contributed by atoms with Crippen molar-refractivity contribution in [3.63, 3.8) is 0 Å². The predicted molar refractivity (Wildman–Crippen MR) is 129 cm³/mol. The maximum Gasteiger partial charge on any atom is 0.135 e. The van der Waals surface area contributed by atoms with Crippen LogP contribution in [0, 0.1) is 5.92 Å². The Morgan fingerprint density at radius 2 is 1.81 bits per heavy atom. The molecule has 4 aliphatic rings. The van der Waals surface area contributed by atoms with Gasteiger partial charge in [-0.05, 0) is 56.9 Å². The van der Waals surface area contributed by atoms with Crippen molar-refractivity contribution in [1.29, 1.82) is 0 Å². The van der Waals surface area contributed by atoms with Crippen LogP contribution in [0.2, 0.25) is 0 Å². The Labute approximate surface area is 213 Å². The first-order valence-electron chi connectivity index (χ1n) is 13.5. The summed E-state index contributed by atoms with van der Waals surface area (Å²) in [4.78, 5) is 24.9. The van der Waals surface area contributed by atoms with Crippen LogP contribution < -0.4 is 0 Å². The fourth-order valence-electron chi connectivity index (χ4n) is 5.93. The van der Waals surface area contributed by atoms with Gasteiger partial charge in [-0.2, -0.15) is 0 Å². The van der Waals surface area contributed by atoms with E-state index < -0.39 is 36.6 Å². The molecule has 7 unspecified atom stereocenters. The fourth-order valence-corrected chi connectivity index (χ4v) is 5.93. The minimum absolute atomic E-state index is 0.0194. The summed E-state index contributed by atoms with van der Waals surface area (Å²) in [5.74, 6) is 0.380. The first-order valence-corrected chi connectivity index (χ1v) is 13.5. The second-order valence-corrected chi connectivity index (χ2v) is 11.1. The van der Waals surface area contributed by atoms with E-state index in [4.69, 9.17) is 18.9 Å². The second kappa shape index (κ2) is 12.6. The first kappa shape index (κ1) is 27.8. The molecule has 4 rings (SSSR count). The molecule has 4 fully saturated rings. The lowest BCUT2D eigenvalue weighted by Crippen LogP contribution is -2.63. The van der Waals surface area contributed by atoms with Gasteiger partial charge in [-0.3, -0.25) is 9.59 Å². The van der Waals surface area contributed by atoms with Crippen molar-refractivity contribution in [1.82, 2.24) is 0 Å². The molecular formula is C27H42O9. The van der Waals surface area contributed by atoms with Gasteiger partial charge in [0.05, 0.1) is 37.1 Å². The van der Waals surface area contributed by atoms with Crippen LogP contribution in [0.5, 0.6) is 0 Å². The van der Waals surface area contributed by atoms with E-state index in [1.807, 2.05) is 6.92 Å². The molecule has 3 N–H and O–H groups in total. The van der Waals surface area contributed by atoms with E-state index in [1.54, 1.807) is 0 Å². The number of ketones is 2. The second-order valence-electron chi connectivity index (χ2n) is 11.1. The van der Waals surface area contributed by atoms with Crippen LogP contribution in [0.3, 0.4) is 0 Å². The summed E-state index contributed by atoms with van der Waals surface area (Å²) < 4.78 is 23.1. The van der Waals surface area contributed by atoms with Crippen LogP contribution in [0.1, 0.15) is 71.1 Å². The van der Waals surface area contributed by atoms with Crippen molar-refractivity contribution in [2.75, 3.05) is 13.2 Å². The van der Waals surface area contributed by atoms with Gasteiger partial charge in [0, 0.05) is 32.3 Å². The van der Waals surface area contributed by atoms with Crippen LogP contribution in [0.4, 0.5) is 0 Å². The van der Waals surface area contributed by atoms with E-state index in [-0.39, 0.29) is 55.1 Å². The van der Waals surface area contributed by atoms with Gasteiger partial charge < -0.3 is 34.3 Å². The van der Waals surface area contributed by atoms with Gasteiger partial charge in [-0.25, -0.2) is 0 Å². The third-order valence-corrected chi connectivity index (χ3v) is 8.21. The van der Waals surface area contributed by atoms with Gasteiger partial charge in [0.2, 0.25) is 0 Å². The van der Waals surface area contributed by atoms with Crippen LogP contribution in [0.15, 0.2) is 12.2 Å². The average Bonchev–Trinajstić information content (AvgIpc) is 3.46. The Morgan fingerprint density at radius 1 is 1.00 bits per heavy atom. The lowest BCUT2D eigenvalue weighted by Gasteiger charge is -2.47. The highest BCUT2D eigenvalue weighted by molar-refractivity contribution is 5.79. The summed E-state index contributed by atoms with van der Waals surface area (Å²) in [7, 11) is 0. The van der Waals surface area contributed by atoms with Crippen molar-refractivity contribution < 1.29 is 43.9 Å². The topological polar surface area (TPSA) is 132 Å². The largest absolute Gasteiger partial charge is 0.390 e. The van der Waals surface area contributed by atoms with Crippen molar-refractivity contribution in [3.8, 4) is 0 Å². The summed E-state index contributed by atoms with van der Waals surface area (Å²) >= 11 is 0. The Kier molecular flexibility index (Phi) is 9.71. The molecule has 0 bridgehead atoms. The van der Waals surface area contributed by atoms with Crippen molar-refractivity contribution >= 4 is 11.6 Å². The van der Waals surface area contributed by atoms with Crippen LogP contribution in [-0.2, 0) is 28.5 Å². The number of fused-ring (bicyclic) bond motifs is 1. The Bertz CT molecular complexity index is 783. The van der Waals surface area contributed by atoms with Gasteiger partial charge in [0.25, 0.3) is 0 Å². The third-order valence-electron chi connectivity index (χ3n) is 8.21. The summed E-state index contributed by atoms with van der Waals surface area (Å²) in [5, 5.41) is 32.1. The van der Waals surface area contributed by atoms with Crippen molar-refractivity contribution in [2.45, 2.75) is 126 Å². The van der Waals surface area contributed by atoms with Gasteiger partial charge in [0.1, 0.15) is 36.0 Å². The highest BCUT2D eigenvalue weighted by Gasteiger charge is 2.50. The summed E-state index contributed by atoms with van der Waals surface area (Å²) in [6, 6.07) is 0. The number of carbonyl (C=O) groups is 2. The molecule has 0 aromatic rings. The van der Waals surface area contributed by atoms with Crippen LogP contribution in [0.25, 0.3) is 0 Å². The molecule has 0 saturated carbocycles. The quantitative estimate of drug-likeness (QED) is 0.355. The van der Waals surface area contributed by atoms with E-state index in [9.17, 15) is 24.9 Å². The highest BCUT2D eigenvalue weighted by Crippen LogP contribution is 2.35. The Balaban J connectivity index is 1.20. The number of ether oxygens (including phenoxy) is 4. The number of carbonyl (C=O) groups excluding carboxylic acids is 2. The fraction of sp³-hybridized carbons (Fsp3) is 0.852. The smallest absolute Gasteiger partial charge is 0.135 e. The Hall–Kier alpha value is -1.20. The number of hydrogen-bond donors (Lipinski definition) is 3. The minimum atomic E-state index is -1.35. The SMILES string of the molecule is C=C1COC(CCC(=O)CCC(O)[C@@H]2OC3CCC(CC(=O)CC4CCO[C@H]4C)O[C@@H]3C(O)C2O)C1. The van der Waals surface area contributed by atoms with Crippen molar-refractivity contribution in [2.24, 2.45) is 5.92 Å². The molecular weight excluding hydrogens is 468 g/mol. The lowest BCUT2D eigenvalue weighted by molar-refractivity contribution is -0.277. The standard InChI is InChI=1S/C27H42O9/c1-15-11-20(34-14-15)5-3-18(28)4-7-22(30)26-24(31)25(32)27-23(36-26)8-6-21(35-27)13-19(29)12-17-9-10-33-16(17)2/h16-17,20-27,30-32H,1,3-14H2,2H3/t16-,17?,20?,21?,22?,23?,24?,25?,26-,27-/m0/s1. The summed E-state index contributed by atoms with van der Waals surface area (Å²) in [6.07, 6.45) is -1.25. The normalized spacial score (nSPS) is 39.7. The first-order chi connectivity index (χ1) is 17.2. The summed E-state index contributed by atoms with van der Waals surface area (Å²) in [6.45, 7) is 7.13. The van der Waals surface area contributed by atoms with Gasteiger partial charge >= 0.3 is 0 Å². The zero-order chi connectivity index (χ0) is 25.8. The van der Waals surface area contributed by atoms with Crippen LogP contribution >= 0.6 is 0 Å². The molecule has 0 aromatic heterocycles. The molecule has 36 heavy (non-hydrogen) atoms. The molecule has 4 aliphatic heterocycles. The molecule has 0 radical (unpaired) electrons. The number of aliphatic hydroxyl groups is 3. The van der Waals surface area contributed by atoms with Crippen LogP contribution in [-0.4, -0.2) is 95.0 Å². The molecule has 9 nitrogen and oxygen atoms in total. The molecule has 204 valence electrons. The highest BCUT2D eigenvalue weighted by atomic mass is 16.6. The maximum atomic E-state index is 12.6. The minimum Gasteiger partial charge on any atom is -0.390 e. The third kappa shape index (κ3) is 7.01. The summed E-state index contributed by atoms with van der Waals surface area (Å²) in [5.41, 5.74) is 1.04. The van der Waals surface area contributed by atoms with Gasteiger partial charge in [-0.15, -0.1) is 0 Å². The zero-order valence-corrected chi connectivity index (χ0v) is 21.3. The van der Waals surface area contributed by atoms with E-state index >= 15 is 0 Å². The van der Waals surface area contributed by atoms with E-state index in [0.29, 0.717) is 45.3 Å². The molecule has 0 amide bonds. The number of hydrogen-bond acceptors (Lipinski definition) is 9. The van der Waals surface area contributed by atoms with Gasteiger partial charge in [-0.1, -0.05) is 6.58 Å². The van der Waals surface area contributed by atoms with Crippen molar-refractivity contribution in [3.05, 3.63) is 12.2 Å². The lowest BCUT2D eigenvalue weighted by atomic mass is 9.85. The molecule has 4 heterocycles. The molecule has 10 atom stereocenters. The van der Waals surface area contributed by atoms with E-state index in [2.05, 4.69) is 6.58 Å². The van der Waals surface area contributed by atoms with E-state index in [0.717, 1.165) is 18.4 Å². The molecule has 9 heteroatoms. The molecule has 4 saturated heterocycles. The molecule has 0 aliphatic carbocycles. The monoisotopic (exact) mass is 510 g/mol. The predicted octanol–water partition coefficient (Wildman–Crippen LogP) is 1.63. The Morgan fingerprint density at radius 3 is 2.50 bits per heavy atom. The van der Waals surface area contributed by atoms with E-state index in [1.165, 1.54) is 0 Å². The average molecular weight is 511 g/mol. The molecule has 0 aromatic carbocycles. The number of Topliss-reactive ketones (excluding diaryl/α,β-unsaturated/α-hetero) is 2. The molecule has 0 spiro atoms. The maximum absolute atomic E-state index is 12.6. The number of aliphatic hydroxyl groups excluding tert-OH is 3. The van der Waals surface area contributed by atoms with Gasteiger partial charge in [0.15, 0.2) is 0 Å². The number of rotatable bonds is 11.